The van der Waals surface area contributed by atoms with E-state index in [0.717, 1.165) is 30.0 Å². The minimum Gasteiger partial charge on any atom is -0.385 e. The van der Waals surface area contributed by atoms with Crippen LogP contribution in [-0.4, -0.2) is 23.3 Å². The van der Waals surface area contributed by atoms with Crippen molar-refractivity contribution < 1.29 is 4.74 Å². The minimum atomic E-state index is 0.751. The third-order valence-electron chi connectivity index (χ3n) is 2.67. The summed E-state index contributed by atoms with van der Waals surface area (Å²) in [6.07, 6.45) is 2.92. The van der Waals surface area contributed by atoms with E-state index in [9.17, 15) is 0 Å². The van der Waals surface area contributed by atoms with E-state index in [-0.39, 0.29) is 0 Å². The van der Waals surface area contributed by atoms with E-state index in [1.807, 2.05) is 24.4 Å². The van der Waals surface area contributed by atoms with Crippen molar-refractivity contribution in [3.05, 3.63) is 41.3 Å². The van der Waals surface area contributed by atoms with Gasteiger partial charge >= 0.3 is 0 Å². The monoisotopic (exact) mass is 248 g/mol. The summed E-state index contributed by atoms with van der Waals surface area (Å²) >= 11 is 5.29. The number of ether oxygens (including phenoxy) is 1. The molecule has 0 aliphatic heterocycles. The van der Waals surface area contributed by atoms with Crippen molar-refractivity contribution in [2.45, 2.75) is 13.0 Å². The van der Waals surface area contributed by atoms with Crippen molar-refractivity contribution in [3.8, 4) is 11.3 Å². The smallest absolute Gasteiger partial charge is 0.177 e. The van der Waals surface area contributed by atoms with Crippen LogP contribution in [0.15, 0.2) is 36.5 Å². The first-order chi connectivity index (χ1) is 8.33. The predicted molar refractivity (Wildman–Crippen MR) is 71.5 cm³/mol. The van der Waals surface area contributed by atoms with Crippen LogP contribution in [0.2, 0.25) is 0 Å². The molecule has 0 radical (unpaired) electrons. The van der Waals surface area contributed by atoms with E-state index in [1.54, 1.807) is 7.11 Å². The molecule has 1 N–H and O–H groups in total. The van der Waals surface area contributed by atoms with Gasteiger partial charge in [-0.1, -0.05) is 30.3 Å². The third-order valence-corrected chi connectivity index (χ3v) is 3.01. The van der Waals surface area contributed by atoms with Gasteiger partial charge in [-0.2, -0.15) is 0 Å². The van der Waals surface area contributed by atoms with Gasteiger partial charge in [0.2, 0.25) is 0 Å². The first-order valence-electron chi connectivity index (χ1n) is 5.65. The molecule has 1 heterocycles. The molecule has 17 heavy (non-hydrogen) atoms. The molecule has 2 rings (SSSR count). The fourth-order valence-electron chi connectivity index (χ4n) is 1.83. The second kappa shape index (κ2) is 5.80. The van der Waals surface area contributed by atoms with E-state index >= 15 is 0 Å². The molecule has 0 saturated heterocycles. The van der Waals surface area contributed by atoms with Gasteiger partial charge in [-0.25, -0.2) is 0 Å². The van der Waals surface area contributed by atoms with Crippen LogP contribution in [0.5, 0.6) is 0 Å². The Hall–Kier alpha value is -1.39. The number of imidazole rings is 1. The summed E-state index contributed by atoms with van der Waals surface area (Å²) in [5.74, 6) is 0. The van der Waals surface area contributed by atoms with Crippen molar-refractivity contribution in [2.24, 2.45) is 0 Å². The Morgan fingerprint density at radius 2 is 2.06 bits per heavy atom. The molecule has 0 atom stereocenters. The molecule has 4 heteroatoms. The molecule has 0 spiro atoms. The molecule has 3 nitrogen and oxygen atoms in total. The zero-order valence-electron chi connectivity index (χ0n) is 9.85. The highest BCUT2D eigenvalue weighted by atomic mass is 32.1. The maximum atomic E-state index is 5.29. The number of aromatic amines is 1. The fourth-order valence-corrected chi connectivity index (χ4v) is 2.08. The number of rotatable bonds is 5. The molecule has 0 unspecified atom stereocenters. The van der Waals surface area contributed by atoms with Crippen molar-refractivity contribution in [1.82, 2.24) is 9.55 Å². The number of hydrogen-bond acceptors (Lipinski definition) is 2. The first kappa shape index (κ1) is 12.1. The van der Waals surface area contributed by atoms with Gasteiger partial charge in [0, 0.05) is 26.5 Å². The van der Waals surface area contributed by atoms with Crippen LogP contribution in [0.4, 0.5) is 0 Å². The van der Waals surface area contributed by atoms with Crippen LogP contribution in [0.1, 0.15) is 6.42 Å². The first-order valence-corrected chi connectivity index (χ1v) is 6.06. The van der Waals surface area contributed by atoms with Crippen molar-refractivity contribution in [1.29, 1.82) is 0 Å². The van der Waals surface area contributed by atoms with Crippen molar-refractivity contribution in [2.75, 3.05) is 13.7 Å². The maximum Gasteiger partial charge on any atom is 0.177 e. The van der Waals surface area contributed by atoms with Crippen LogP contribution in [0, 0.1) is 4.77 Å². The molecule has 0 aliphatic carbocycles. The highest BCUT2D eigenvalue weighted by Gasteiger charge is 2.05. The van der Waals surface area contributed by atoms with Crippen LogP contribution in [-0.2, 0) is 11.3 Å². The molecule has 0 fully saturated rings. The highest BCUT2D eigenvalue weighted by Crippen LogP contribution is 2.19. The van der Waals surface area contributed by atoms with E-state index in [1.165, 1.54) is 5.56 Å². The van der Waals surface area contributed by atoms with Gasteiger partial charge in [0.15, 0.2) is 4.77 Å². The highest BCUT2D eigenvalue weighted by molar-refractivity contribution is 7.71. The number of nitrogens with zero attached hydrogens (tertiary/aromatic N) is 1. The standard InChI is InChI=1S/C13H16N2OS/c1-16-9-5-8-15-12(10-14-13(15)17)11-6-3-2-4-7-11/h2-4,6-7,10H,5,8-9H2,1H3,(H,14,17). The average molecular weight is 248 g/mol. The summed E-state index contributed by atoms with van der Waals surface area (Å²) in [7, 11) is 1.72. The largest absolute Gasteiger partial charge is 0.385 e. The van der Waals surface area contributed by atoms with Crippen LogP contribution in [0.25, 0.3) is 11.3 Å². The zero-order chi connectivity index (χ0) is 12.1. The molecular weight excluding hydrogens is 232 g/mol. The normalized spacial score (nSPS) is 10.6. The van der Waals surface area contributed by atoms with Crippen LogP contribution in [0.3, 0.4) is 0 Å². The Morgan fingerprint density at radius 3 is 2.76 bits per heavy atom. The number of methoxy groups -OCH3 is 1. The average Bonchev–Trinajstić information content (AvgIpc) is 2.73. The zero-order valence-corrected chi connectivity index (χ0v) is 10.7. The van der Waals surface area contributed by atoms with Gasteiger partial charge in [-0.05, 0) is 24.2 Å². The summed E-state index contributed by atoms with van der Waals surface area (Å²) < 4.78 is 7.95. The molecule has 0 amide bonds. The molecule has 1 aromatic heterocycles. The lowest BCUT2D eigenvalue weighted by atomic mass is 10.2. The molecule has 0 saturated carbocycles. The van der Waals surface area contributed by atoms with Crippen LogP contribution >= 0.6 is 12.2 Å². The van der Waals surface area contributed by atoms with Crippen LogP contribution < -0.4 is 0 Å². The predicted octanol–water partition coefficient (Wildman–Crippen LogP) is 3.25. The number of benzene rings is 1. The van der Waals surface area contributed by atoms with E-state index in [2.05, 4.69) is 21.7 Å². The Balaban J connectivity index is 2.26. The molecule has 0 bridgehead atoms. The maximum absolute atomic E-state index is 5.29. The summed E-state index contributed by atoms with van der Waals surface area (Å²) in [5.41, 5.74) is 2.31. The Kier molecular flexibility index (Phi) is 4.12. The number of aromatic nitrogens is 2. The van der Waals surface area contributed by atoms with E-state index in [4.69, 9.17) is 17.0 Å². The van der Waals surface area contributed by atoms with Gasteiger partial charge in [-0.15, -0.1) is 0 Å². The summed E-state index contributed by atoms with van der Waals surface area (Å²) in [5, 5.41) is 0. The lowest BCUT2D eigenvalue weighted by Crippen LogP contribution is -2.03. The SMILES string of the molecule is COCCCn1c(-c2ccccc2)c[nH]c1=S. The molecule has 90 valence electrons. The molecular formula is C13H16N2OS. The van der Waals surface area contributed by atoms with Gasteiger partial charge in [0.05, 0.1) is 5.69 Å². The Labute approximate surface area is 106 Å². The second-order valence-corrected chi connectivity index (χ2v) is 4.23. The van der Waals surface area contributed by atoms with Crippen molar-refractivity contribution >= 4 is 12.2 Å². The molecule has 2 aromatic rings. The Bertz CT molecular complexity index is 516. The summed E-state index contributed by atoms with van der Waals surface area (Å²) in [6.45, 7) is 1.63. The molecule has 0 aliphatic rings. The van der Waals surface area contributed by atoms with Gasteiger partial charge in [0.25, 0.3) is 0 Å². The minimum absolute atomic E-state index is 0.751. The number of nitrogens with one attached hydrogen (secondary N) is 1. The van der Waals surface area contributed by atoms with Gasteiger partial charge in [-0.3, -0.25) is 0 Å². The third kappa shape index (κ3) is 2.84. The Morgan fingerprint density at radius 1 is 1.29 bits per heavy atom. The van der Waals surface area contributed by atoms with E-state index in [0.29, 0.717) is 0 Å². The second-order valence-electron chi connectivity index (χ2n) is 3.84. The van der Waals surface area contributed by atoms with Gasteiger partial charge < -0.3 is 14.3 Å². The summed E-state index contributed by atoms with van der Waals surface area (Å²) in [4.78, 5) is 3.10. The number of hydrogen-bond donors (Lipinski definition) is 1. The quantitative estimate of drug-likeness (QED) is 0.650. The lowest BCUT2D eigenvalue weighted by molar-refractivity contribution is 0.190. The lowest BCUT2D eigenvalue weighted by Gasteiger charge is -2.07. The number of H-pyrrole nitrogens is 1. The topological polar surface area (TPSA) is 29.9 Å². The van der Waals surface area contributed by atoms with Gasteiger partial charge in [0.1, 0.15) is 0 Å². The van der Waals surface area contributed by atoms with Crippen molar-refractivity contribution in [3.63, 3.8) is 0 Å². The molecule has 1 aromatic carbocycles. The summed E-state index contributed by atoms with van der Waals surface area (Å²) in [6, 6.07) is 10.3. The van der Waals surface area contributed by atoms with E-state index < -0.39 is 0 Å². The fraction of sp³-hybridized carbons (Fsp3) is 0.308.